The molecule has 156 valence electrons. The molecule has 1 amide bonds. The van der Waals surface area contributed by atoms with Crippen molar-refractivity contribution in [3.05, 3.63) is 48.3 Å². The molecule has 1 heterocycles. The van der Waals surface area contributed by atoms with Crippen molar-refractivity contribution in [1.29, 1.82) is 0 Å². The van der Waals surface area contributed by atoms with Gasteiger partial charge < -0.3 is 25.4 Å². The summed E-state index contributed by atoms with van der Waals surface area (Å²) in [6.45, 7) is 6.84. The minimum atomic E-state index is -0.494. The van der Waals surface area contributed by atoms with Gasteiger partial charge in [-0.25, -0.2) is 9.18 Å². The Balaban J connectivity index is 1.58. The molecule has 0 aromatic heterocycles. The third-order valence-corrected chi connectivity index (χ3v) is 4.58. The van der Waals surface area contributed by atoms with E-state index in [4.69, 9.17) is 15.2 Å². The lowest BCUT2D eigenvalue weighted by Crippen LogP contribution is -2.44. The summed E-state index contributed by atoms with van der Waals surface area (Å²) in [7, 11) is 0. The topological polar surface area (TPSA) is 76.8 Å². The summed E-state index contributed by atoms with van der Waals surface area (Å²) < 4.78 is 24.3. The van der Waals surface area contributed by atoms with Crippen molar-refractivity contribution in [3.8, 4) is 11.5 Å². The van der Waals surface area contributed by atoms with E-state index in [2.05, 4.69) is 5.32 Å². The molecule has 0 spiro atoms. The molecule has 0 atom stereocenters. The van der Waals surface area contributed by atoms with Crippen LogP contribution in [-0.4, -0.2) is 35.7 Å². The smallest absolute Gasteiger partial charge is 0.410 e. The van der Waals surface area contributed by atoms with Crippen molar-refractivity contribution < 1.29 is 18.7 Å². The van der Waals surface area contributed by atoms with Gasteiger partial charge >= 0.3 is 6.09 Å². The number of anilines is 2. The van der Waals surface area contributed by atoms with Crippen LogP contribution in [0.5, 0.6) is 11.5 Å². The molecule has 1 saturated heterocycles. The summed E-state index contributed by atoms with van der Waals surface area (Å²) in [5.74, 6) is 0.849. The van der Waals surface area contributed by atoms with Gasteiger partial charge in [-0.2, -0.15) is 0 Å². The van der Waals surface area contributed by atoms with Gasteiger partial charge in [0.25, 0.3) is 0 Å². The zero-order valence-corrected chi connectivity index (χ0v) is 17.1. The predicted octanol–water partition coefficient (Wildman–Crippen LogP) is 5.01. The first-order valence-corrected chi connectivity index (χ1v) is 9.77. The normalized spacial score (nSPS) is 15.1. The van der Waals surface area contributed by atoms with Crippen molar-refractivity contribution in [2.45, 2.75) is 45.3 Å². The van der Waals surface area contributed by atoms with Crippen molar-refractivity contribution >= 4 is 17.5 Å². The van der Waals surface area contributed by atoms with Crippen LogP contribution in [0.1, 0.15) is 33.6 Å². The maximum atomic E-state index is 13.0. The second kappa shape index (κ2) is 8.59. The number of amides is 1. The lowest BCUT2D eigenvalue weighted by atomic mass is 10.0. The maximum absolute atomic E-state index is 13.0. The van der Waals surface area contributed by atoms with Crippen LogP contribution in [-0.2, 0) is 4.74 Å². The standard InChI is InChI=1S/C22H28FN3O3/c1-22(2,3)29-21(27)26-12-10-16(11-13-26)25-20-14-18(8-9-19(20)24)28-17-6-4-15(23)5-7-17/h4-9,14,16,25H,10-13,24H2,1-3H3. The van der Waals surface area contributed by atoms with Gasteiger partial charge in [0.2, 0.25) is 0 Å². The average Bonchev–Trinajstić information content (AvgIpc) is 2.65. The summed E-state index contributed by atoms with van der Waals surface area (Å²) in [5.41, 5.74) is 7.01. The fraction of sp³-hybridized carbons (Fsp3) is 0.409. The predicted molar refractivity (Wildman–Crippen MR) is 112 cm³/mol. The summed E-state index contributed by atoms with van der Waals surface area (Å²) in [4.78, 5) is 13.9. The molecule has 2 aromatic carbocycles. The van der Waals surface area contributed by atoms with Crippen molar-refractivity contribution in [2.24, 2.45) is 0 Å². The van der Waals surface area contributed by atoms with E-state index in [1.165, 1.54) is 12.1 Å². The summed E-state index contributed by atoms with van der Waals surface area (Å²) in [6.07, 6.45) is 1.31. The Kier molecular flexibility index (Phi) is 6.15. The first-order chi connectivity index (χ1) is 13.7. The zero-order chi connectivity index (χ0) is 21.0. The highest BCUT2D eigenvalue weighted by Crippen LogP contribution is 2.30. The molecule has 2 aromatic rings. The number of hydrogen-bond acceptors (Lipinski definition) is 5. The van der Waals surface area contributed by atoms with Gasteiger partial charge in [0.15, 0.2) is 0 Å². The number of nitrogen functional groups attached to an aromatic ring is 1. The Morgan fingerprint density at radius 3 is 2.34 bits per heavy atom. The molecular weight excluding hydrogens is 373 g/mol. The molecule has 0 aliphatic carbocycles. The van der Waals surface area contributed by atoms with E-state index in [-0.39, 0.29) is 18.0 Å². The third kappa shape index (κ3) is 6.01. The first kappa shape index (κ1) is 20.8. The molecule has 3 rings (SSSR count). The van der Waals surface area contributed by atoms with Crippen LogP contribution in [0.3, 0.4) is 0 Å². The van der Waals surface area contributed by atoms with E-state index >= 15 is 0 Å². The minimum Gasteiger partial charge on any atom is -0.457 e. The van der Waals surface area contributed by atoms with Crippen LogP contribution in [0.4, 0.5) is 20.6 Å². The number of carbonyl (C=O) groups excluding carboxylic acids is 1. The number of piperidine rings is 1. The fourth-order valence-electron chi connectivity index (χ4n) is 3.12. The Morgan fingerprint density at radius 1 is 1.10 bits per heavy atom. The number of hydrogen-bond donors (Lipinski definition) is 2. The second-order valence-electron chi connectivity index (χ2n) is 8.19. The van der Waals surface area contributed by atoms with Crippen LogP contribution in [0.15, 0.2) is 42.5 Å². The van der Waals surface area contributed by atoms with Crippen LogP contribution < -0.4 is 15.8 Å². The van der Waals surface area contributed by atoms with Crippen molar-refractivity contribution in [1.82, 2.24) is 4.90 Å². The number of benzene rings is 2. The number of ether oxygens (including phenoxy) is 2. The Bertz CT molecular complexity index is 841. The van der Waals surface area contributed by atoms with Gasteiger partial charge in [0, 0.05) is 25.2 Å². The third-order valence-electron chi connectivity index (χ3n) is 4.58. The van der Waals surface area contributed by atoms with Gasteiger partial charge in [-0.3, -0.25) is 0 Å². The van der Waals surface area contributed by atoms with E-state index in [9.17, 15) is 9.18 Å². The minimum absolute atomic E-state index is 0.192. The largest absolute Gasteiger partial charge is 0.457 e. The van der Waals surface area contributed by atoms with Crippen LogP contribution in [0, 0.1) is 5.82 Å². The lowest BCUT2D eigenvalue weighted by Gasteiger charge is -2.34. The molecule has 0 bridgehead atoms. The van der Waals surface area contributed by atoms with Crippen LogP contribution in [0.2, 0.25) is 0 Å². The molecule has 29 heavy (non-hydrogen) atoms. The molecule has 1 fully saturated rings. The summed E-state index contributed by atoms with van der Waals surface area (Å²) in [6, 6.07) is 11.4. The molecule has 0 radical (unpaired) electrons. The second-order valence-corrected chi connectivity index (χ2v) is 8.19. The van der Waals surface area contributed by atoms with Crippen molar-refractivity contribution in [3.63, 3.8) is 0 Å². The highest BCUT2D eigenvalue weighted by Gasteiger charge is 2.27. The van der Waals surface area contributed by atoms with Gasteiger partial charge in [-0.05, 0) is 70.0 Å². The van der Waals surface area contributed by atoms with E-state index < -0.39 is 5.60 Å². The molecule has 3 N–H and O–H groups in total. The number of halogens is 1. The molecule has 1 aliphatic heterocycles. The molecule has 0 saturated carbocycles. The van der Waals surface area contributed by atoms with E-state index in [1.54, 1.807) is 29.2 Å². The zero-order valence-electron chi connectivity index (χ0n) is 17.1. The van der Waals surface area contributed by atoms with E-state index in [1.807, 2.05) is 26.8 Å². The number of nitrogens with two attached hydrogens (primary N) is 1. The van der Waals surface area contributed by atoms with Gasteiger partial charge in [0.1, 0.15) is 22.9 Å². The summed E-state index contributed by atoms with van der Waals surface area (Å²) in [5, 5.41) is 3.45. The van der Waals surface area contributed by atoms with E-state index in [0.29, 0.717) is 30.3 Å². The maximum Gasteiger partial charge on any atom is 0.410 e. The first-order valence-electron chi connectivity index (χ1n) is 9.77. The van der Waals surface area contributed by atoms with Gasteiger partial charge in [0.05, 0.1) is 11.4 Å². The highest BCUT2D eigenvalue weighted by molar-refractivity contribution is 5.70. The van der Waals surface area contributed by atoms with Crippen LogP contribution in [0.25, 0.3) is 0 Å². The molecule has 7 heteroatoms. The average molecular weight is 401 g/mol. The number of likely N-dealkylation sites (tertiary alicyclic amines) is 1. The van der Waals surface area contributed by atoms with E-state index in [0.717, 1.165) is 18.5 Å². The molecule has 1 aliphatic rings. The summed E-state index contributed by atoms with van der Waals surface area (Å²) >= 11 is 0. The fourth-order valence-corrected chi connectivity index (χ4v) is 3.12. The van der Waals surface area contributed by atoms with Gasteiger partial charge in [-0.15, -0.1) is 0 Å². The van der Waals surface area contributed by atoms with Gasteiger partial charge in [-0.1, -0.05) is 0 Å². The molecule has 6 nitrogen and oxygen atoms in total. The number of rotatable bonds is 4. The number of nitrogens with zero attached hydrogens (tertiary/aromatic N) is 1. The molecular formula is C22H28FN3O3. The highest BCUT2D eigenvalue weighted by atomic mass is 19.1. The van der Waals surface area contributed by atoms with Crippen LogP contribution >= 0.6 is 0 Å². The lowest BCUT2D eigenvalue weighted by molar-refractivity contribution is 0.0210. The Hall–Kier alpha value is -2.96. The van der Waals surface area contributed by atoms with Crippen molar-refractivity contribution in [2.75, 3.05) is 24.1 Å². The SMILES string of the molecule is CC(C)(C)OC(=O)N1CCC(Nc2cc(Oc3ccc(F)cc3)ccc2N)CC1. The quantitative estimate of drug-likeness (QED) is 0.704. The monoisotopic (exact) mass is 401 g/mol. The molecule has 0 unspecified atom stereocenters. The Labute approximate surface area is 170 Å². The number of nitrogens with one attached hydrogen (secondary N) is 1. The number of carbonyl (C=O) groups is 1. The Morgan fingerprint density at radius 2 is 1.72 bits per heavy atom.